The van der Waals surface area contributed by atoms with Gasteiger partial charge in [0.1, 0.15) is 29.4 Å². The maximum Gasteiger partial charge on any atom is 0.408 e. The van der Waals surface area contributed by atoms with Gasteiger partial charge in [0.05, 0.1) is 12.6 Å². The normalized spacial score (nSPS) is 28.4. The van der Waals surface area contributed by atoms with Gasteiger partial charge in [0, 0.05) is 24.4 Å². The average Bonchev–Trinajstić information content (AvgIpc) is 3.47. The Kier molecular flexibility index (Phi) is 10.3. The molecule has 252 valence electrons. The van der Waals surface area contributed by atoms with Gasteiger partial charge in [-0.05, 0) is 74.2 Å². The summed E-state index contributed by atoms with van der Waals surface area (Å²) >= 11 is 3.54. The quantitative estimate of drug-likeness (QED) is 0.320. The molecule has 1 aromatic carbocycles. The number of carbonyl (C=O) groups is 4. The zero-order valence-electron chi connectivity index (χ0n) is 26.7. The molecular weight excluding hydrogens is 668 g/mol. The molecule has 2 aliphatic carbocycles. The van der Waals surface area contributed by atoms with E-state index in [1.807, 2.05) is 36.4 Å². The minimum atomic E-state index is -1.17. The first-order valence-electron chi connectivity index (χ1n) is 16.9. The fourth-order valence-corrected chi connectivity index (χ4v) is 7.54. The Bertz CT molecular complexity index is 1490. The molecule has 47 heavy (non-hydrogen) atoms. The SMILES string of the molecule is CCOC(=O)[C@@]12C[C@H]1C=CCCCCC[C@H](NC(=O)OC1CCCC1)C(=O)N1C[C@H](n3nc(Br)c(-c4ccccc4)n3)C[C@H]1C(=O)N2. The number of aromatic nitrogens is 3. The third-order valence-corrected chi connectivity index (χ3v) is 10.3. The molecule has 0 spiro atoms. The van der Waals surface area contributed by atoms with Crippen molar-refractivity contribution in [3.63, 3.8) is 0 Å². The topological polar surface area (TPSA) is 145 Å². The fraction of sp³-hybridized carbons (Fsp3) is 0.588. The summed E-state index contributed by atoms with van der Waals surface area (Å²) < 4.78 is 11.6. The van der Waals surface area contributed by atoms with Gasteiger partial charge in [-0.2, -0.15) is 9.90 Å². The lowest BCUT2D eigenvalue weighted by Crippen LogP contribution is -2.56. The summed E-state index contributed by atoms with van der Waals surface area (Å²) in [5.74, 6) is -1.47. The number of benzene rings is 1. The molecule has 6 rings (SSSR count). The van der Waals surface area contributed by atoms with E-state index in [-0.39, 0.29) is 37.5 Å². The number of allylic oxidation sites excluding steroid dienone is 1. The van der Waals surface area contributed by atoms with Crippen LogP contribution in [0.5, 0.6) is 0 Å². The summed E-state index contributed by atoms with van der Waals surface area (Å²) in [5.41, 5.74) is 0.350. The minimum absolute atomic E-state index is 0.150. The number of fused-ring (bicyclic) bond motifs is 2. The van der Waals surface area contributed by atoms with Gasteiger partial charge in [0.25, 0.3) is 0 Å². The Morgan fingerprint density at radius 2 is 1.83 bits per heavy atom. The largest absolute Gasteiger partial charge is 0.464 e. The van der Waals surface area contributed by atoms with Crippen molar-refractivity contribution < 1.29 is 28.7 Å². The van der Waals surface area contributed by atoms with Crippen LogP contribution in [0.25, 0.3) is 11.3 Å². The first kappa shape index (κ1) is 33.2. The second-order valence-electron chi connectivity index (χ2n) is 13.0. The van der Waals surface area contributed by atoms with Crippen LogP contribution in [0.4, 0.5) is 4.79 Å². The van der Waals surface area contributed by atoms with Crippen LogP contribution in [0.1, 0.15) is 83.6 Å². The summed E-state index contributed by atoms with van der Waals surface area (Å²) in [7, 11) is 0. The van der Waals surface area contributed by atoms with Crippen molar-refractivity contribution in [2.75, 3.05) is 13.2 Å². The number of amides is 3. The molecule has 0 unspecified atom stereocenters. The van der Waals surface area contributed by atoms with Crippen molar-refractivity contribution in [1.82, 2.24) is 30.5 Å². The Morgan fingerprint density at radius 1 is 1.06 bits per heavy atom. The molecule has 5 atom stereocenters. The molecule has 2 aromatic rings. The van der Waals surface area contributed by atoms with Crippen LogP contribution in [0.2, 0.25) is 0 Å². The molecule has 2 aliphatic heterocycles. The standard InChI is InChI=1S/C34H43BrN6O6/c1-2-46-32(44)34-20-23(34)15-9-4-3-5-10-18-26(36-33(45)47-25-16-11-12-17-25)31(43)40-21-24(19-27(40)30(42)37-34)41-38-28(29(35)39-41)22-13-7-6-8-14-22/h6-9,13-15,23-27H,2-5,10-12,16-21H2,1H3,(H,36,45)(H,37,42)/t23-,24-,26+,27+,34-/m1/s1. The predicted octanol–water partition coefficient (Wildman–Crippen LogP) is 4.85. The molecule has 13 heteroatoms. The van der Waals surface area contributed by atoms with Crippen LogP contribution in [-0.2, 0) is 23.9 Å². The number of carbonyl (C=O) groups excluding carboxylic acids is 4. The van der Waals surface area contributed by atoms with Crippen LogP contribution in [0, 0.1) is 5.92 Å². The van der Waals surface area contributed by atoms with Crippen molar-refractivity contribution in [1.29, 1.82) is 0 Å². The average molecular weight is 712 g/mol. The van der Waals surface area contributed by atoms with Gasteiger partial charge in [-0.25, -0.2) is 9.59 Å². The van der Waals surface area contributed by atoms with Crippen LogP contribution in [0.3, 0.4) is 0 Å². The molecule has 0 bridgehead atoms. The van der Waals surface area contributed by atoms with Gasteiger partial charge in [-0.15, -0.1) is 5.10 Å². The molecule has 1 aromatic heterocycles. The van der Waals surface area contributed by atoms with E-state index < -0.39 is 41.6 Å². The highest BCUT2D eigenvalue weighted by molar-refractivity contribution is 9.10. The van der Waals surface area contributed by atoms with Gasteiger partial charge >= 0.3 is 12.1 Å². The summed E-state index contributed by atoms with van der Waals surface area (Å²) in [6.45, 7) is 2.08. The van der Waals surface area contributed by atoms with Gasteiger partial charge in [0.2, 0.25) is 11.8 Å². The zero-order valence-corrected chi connectivity index (χ0v) is 28.3. The zero-order chi connectivity index (χ0) is 33.0. The highest BCUT2D eigenvalue weighted by Gasteiger charge is 2.62. The Hall–Kier alpha value is -3.74. The lowest BCUT2D eigenvalue weighted by atomic mass is 10.0. The van der Waals surface area contributed by atoms with E-state index in [4.69, 9.17) is 14.6 Å². The Balaban J connectivity index is 1.29. The highest BCUT2D eigenvalue weighted by Crippen LogP contribution is 2.46. The smallest absolute Gasteiger partial charge is 0.408 e. The van der Waals surface area contributed by atoms with E-state index >= 15 is 0 Å². The molecule has 3 heterocycles. The van der Waals surface area contributed by atoms with Gasteiger partial charge in [0.15, 0.2) is 4.60 Å². The third kappa shape index (κ3) is 7.39. The number of esters is 1. The van der Waals surface area contributed by atoms with Crippen molar-refractivity contribution in [2.45, 2.75) is 107 Å². The van der Waals surface area contributed by atoms with Crippen LogP contribution in [0.15, 0.2) is 47.1 Å². The van der Waals surface area contributed by atoms with Crippen LogP contribution < -0.4 is 10.6 Å². The number of hydrogen-bond donors (Lipinski definition) is 2. The summed E-state index contributed by atoms with van der Waals surface area (Å²) in [5, 5.41) is 15.2. The lowest BCUT2D eigenvalue weighted by Gasteiger charge is -2.30. The number of ether oxygens (including phenoxy) is 2. The molecular formula is C34H43BrN6O6. The van der Waals surface area contributed by atoms with Gasteiger partial charge in [-0.1, -0.05) is 55.3 Å². The second-order valence-corrected chi connectivity index (χ2v) is 13.7. The second kappa shape index (κ2) is 14.6. The Morgan fingerprint density at radius 3 is 2.60 bits per heavy atom. The molecule has 0 radical (unpaired) electrons. The summed E-state index contributed by atoms with van der Waals surface area (Å²) in [4.78, 5) is 57.8. The number of hydrogen-bond acceptors (Lipinski definition) is 8. The number of alkyl carbamates (subject to hydrolysis) is 1. The van der Waals surface area contributed by atoms with E-state index in [1.54, 1.807) is 11.7 Å². The van der Waals surface area contributed by atoms with E-state index in [0.717, 1.165) is 50.5 Å². The van der Waals surface area contributed by atoms with E-state index in [2.05, 4.69) is 37.7 Å². The van der Waals surface area contributed by atoms with Crippen molar-refractivity contribution in [3.05, 3.63) is 47.1 Å². The maximum absolute atomic E-state index is 14.4. The monoisotopic (exact) mass is 710 g/mol. The Labute approximate surface area is 283 Å². The number of nitrogens with zero attached hydrogens (tertiary/aromatic N) is 4. The molecule has 3 fully saturated rings. The predicted molar refractivity (Wildman–Crippen MR) is 176 cm³/mol. The van der Waals surface area contributed by atoms with E-state index in [9.17, 15) is 19.2 Å². The van der Waals surface area contributed by atoms with Crippen LogP contribution >= 0.6 is 15.9 Å². The maximum atomic E-state index is 14.4. The van der Waals surface area contributed by atoms with E-state index in [0.29, 0.717) is 29.6 Å². The minimum Gasteiger partial charge on any atom is -0.464 e. The number of nitrogens with one attached hydrogen (secondary N) is 2. The van der Waals surface area contributed by atoms with Crippen molar-refractivity contribution in [2.24, 2.45) is 5.92 Å². The van der Waals surface area contributed by atoms with E-state index in [1.165, 1.54) is 4.90 Å². The highest BCUT2D eigenvalue weighted by atomic mass is 79.9. The molecule has 1 saturated heterocycles. The summed E-state index contributed by atoms with van der Waals surface area (Å²) in [6.07, 6.45) is 11.3. The molecule has 3 amide bonds. The van der Waals surface area contributed by atoms with Gasteiger partial charge < -0.3 is 25.0 Å². The molecule has 12 nitrogen and oxygen atoms in total. The van der Waals surface area contributed by atoms with Crippen molar-refractivity contribution in [3.8, 4) is 11.3 Å². The fourth-order valence-electron chi connectivity index (χ4n) is 7.06. The number of halogens is 1. The van der Waals surface area contributed by atoms with Crippen LogP contribution in [-0.4, -0.2) is 80.6 Å². The third-order valence-electron chi connectivity index (χ3n) is 9.73. The summed E-state index contributed by atoms with van der Waals surface area (Å²) in [6, 6.07) is 7.41. The number of rotatable bonds is 6. The molecule has 2 saturated carbocycles. The molecule has 4 aliphatic rings. The first-order chi connectivity index (χ1) is 22.8. The lowest BCUT2D eigenvalue weighted by molar-refractivity contribution is -0.150. The van der Waals surface area contributed by atoms with Crippen molar-refractivity contribution >= 4 is 39.8 Å². The molecule has 2 N–H and O–H groups in total. The first-order valence-corrected chi connectivity index (χ1v) is 17.7. The van der Waals surface area contributed by atoms with Gasteiger partial charge in [-0.3, -0.25) is 9.59 Å².